The van der Waals surface area contributed by atoms with E-state index in [1.807, 2.05) is 48.5 Å². The molecule has 0 spiro atoms. The fraction of sp³-hybridized carbons (Fsp3) is 0.476. The summed E-state index contributed by atoms with van der Waals surface area (Å²) >= 11 is 0. The number of halogens is 1. The van der Waals surface area contributed by atoms with E-state index >= 15 is 0 Å². The first kappa shape index (κ1) is 38.6. The van der Waals surface area contributed by atoms with Crippen LogP contribution in [0.15, 0.2) is 72.8 Å². The summed E-state index contributed by atoms with van der Waals surface area (Å²) in [5, 5.41) is 5.97. The lowest BCUT2D eigenvalue weighted by molar-refractivity contribution is -0.121. The third-order valence-corrected chi connectivity index (χ3v) is 10.0. The Morgan fingerprint density at radius 3 is 1.35 bits per heavy atom. The van der Waals surface area contributed by atoms with Gasteiger partial charge in [0.25, 0.3) is 0 Å². The van der Waals surface area contributed by atoms with Crippen LogP contribution in [-0.4, -0.2) is 70.2 Å². The minimum Gasteiger partial charge on any atom is -0.444 e. The summed E-state index contributed by atoms with van der Waals surface area (Å²) in [6.45, 7) is 11.8. The molecule has 54 heavy (non-hydrogen) atoms. The quantitative estimate of drug-likeness (QED) is 0.249. The van der Waals surface area contributed by atoms with Gasteiger partial charge in [-0.1, -0.05) is 24.3 Å². The standard InChI is InChI=1S/C42H52FN5O6/c1-41(2,3)53-39(51)46-25-7-9-35(46)37(49)44-30-17-11-27(12-18-30)33-23-24-34(48(33)32-21-15-29(43)16-22-32)28-13-19-31(20-14-28)45-38(50)36-10-8-26-47(36)40(52)54-42(4,5)6/h11-22,33-36H,7-10,23-26H2,1-6H3,(H,44,49)(H,45,50). The Morgan fingerprint density at radius 2 is 0.981 bits per heavy atom. The van der Waals surface area contributed by atoms with Crippen molar-refractivity contribution in [1.82, 2.24) is 9.80 Å². The smallest absolute Gasteiger partial charge is 0.410 e. The van der Waals surface area contributed by atoms with E-state index in [9.17, 15) is 23.6 Å². The zero-order chi connectivity index (χ0) is 38.8. The lowest BCUT2D eigenvalue weighted by Gasteiger charge is -2.33. The molecule has 3 aliphatic rings. The average molecular weight is 742 g/mol. The number of benzene rings is 3. The van der Waals surface area contributed by atoms with Crippen LogP contribution in [0.4, 0.5) is 31.0 Å². The predicted molar refractivity (Wildman–Crippen MR) is 206 cm³/mol. The molecular formula is C42H52FN5O6. The van der Waals surface area contributed by atoms with Crippen molar-refractivity contribution in [3.8, 4) is 0 Å². The van der Waals surface area contributed by atoms with Crippen molar-refractivity contribution >= 4 is 41.1 Å². The van der Waals surface area contributed by atoms with Crippen LogP contribution in [0, 0.1) is 5.82 Å². The Bertz CT molecular complexity index is 1710. The van der Waals surface area contributed by atoms with Gasteiger partial charge in [-0.15, -0.1) is 0 Å². The fourth-order valence-corrected chi connectivity index (χ4v) is 7.62. The van der Waals surface area contributed by atoms with Crippen molar-refractivity contribution in [2.24, 2.45) is 0 Å². The first-order valence-corrected chi connectivity index (χ1v) is 18.9. The second-order valence-electron chi connectivity index (χ2n) is 16.4. The molecule has 4 unspecified atom stereocenters. The third-order valence-electron chi connectivity index (χ3n) is 10.0. The van der Waals surface area contributed by atoms with Gasteiger partial charge in [0, 0.05) is 30.2 Å². The minimum absolute atomic E-state index is 0.0247. The third kappa shape index (κ3) is 9.14. The Hall–Kier alpha value is -5.13. The molecule has 3 aliphatic heterocycles. The first-order valence-electron chi connectivity index (χ1n) is 18.9. The summed E-state index contributed by atoms with van der Waals surface area (Å²) in [7, 11) is 0. The Labute approximate surface area is 317 Å². The molecule has 12 heteroatoms. The van der Waals surface area contributed by atoms with Crippen molar-refractivity contribution in [2.45, 2.75) is 115 Å². The van der Waals surface area contributed by atoms with Crippen molar-refractivity contribution < 1.29 is 33.0 Å². The van der Waals surface area contributed by atoms with Crippen LogP contribution in [-0.2, 0) is 19.1 Å². The molecule has 2 N–H and O–H groups in total. The van der Waals surface area contributed by atoms with Gasteiger partial charge in [0.2, 0.25) is 11.8 Å². The van der Waals surface area contributed by atoms with Gasteiger partial charge < -0.3 is 25.0 Å². The van der Waals surface area contributed by atoms with Gasteiger partial charge in [-0.05, 0) is 140 Å². The number of likely N-dealkylation sites (tertiary alicyclic amines) is 2. The maximum absolute atomic E-state index is 14.1. The Kier molecular flexibility index (Phi) is 11.2. The molecule has 3 saturated heterocycles. The lowest BCUT2D eigenvalue weighted by atomic mass is 10.0. The minimum atomic E-state index is -0.651. The maximum Gasteiger partial charge on any atom is 0.410 e. The highest BCUT2D eigenvalue weighted by Crippen LogP contribution is 2.47. The van der Waals surface area contributed by atoms with Crippen LogP contribution in [0.5, 0.6) is 0 Å². The number of nitrogens with one attached hydrogen (secondary N) is 2. The van der Waals surface area contributed by atoms with E-state index in [0.717, 1.165) is 42.5 Å². The number of carbonyl (C=O) groups excluding carboxylic acids is 4. The van der Waals surface area contributed by atoms with Crippen LogP contribution < -0.4 is 15.5 Å². The van der Waals surface area contributed by atoms with E-state index in [-0.39, 0.29) is 29.7 Å². The summed E-state index contributed by atoms with van der Waals surface area (Å²) in [6.07, 6.45) is 3.29. The van der Waals surface area contributed by atoms with E-state index in [1.165, 1.54) is 21.9 Å². The molecule has 0 radical (unpaired) electrons. The summed E-state index contributed by atoms with van der Waals surface area (Å²) in [6, 6.07) is 20.8. The summed E-state index contributed by atoms with van der Waals surface area (Å²) < 4.78 is 25.1. The highest BCUT2D eigenvalue weighted by atomic mass is 19.1. The lowest BCUT2D eigenvalue weighted by Crippen LogP contribution is -2.45. The second kappa shape index (κ2) is 15.7. The number of amides is 4. The maximum atomic E-state index is 14.1. The van der Waals surface area contributed by atoms with Crippen molar-refractivity contribution in [3.63, 3.8) is 0 Å². The highest BCUT2D eigenvalue weighted by Gasteiger charge is 2.39. The zero-order valence-corrected chi connectivity index (χ0v) is 32.1. The first-order chi connectivity index (χ1) is 25.6. The molecule has 0 bridgehead atoms. The van der Waals surface area contributed by atoms with Crippen LogP contribution >= 0.6 is 0 Å². The summed E-state index contributed by atoms with van der Waals surface area (Å²) in [5.74, 6) is -0.808. The highest BCUT2D eigenvalue weighted by molar-refractivity contribution is 5.97. The van der Waals surface area contributed by atoms with Gasteiger partial charge in [0.1, 0.15) is 29.1 Å². The Balaban J connectivity index is 1.14. The van der Waals surface area contributed by atoms with Gasteiger partial charge >= 0.3 is 12.2 Å². The summed E-state index contributed by atoms with van der Waals surface area (Å²) in [4.78, 5) is 57.4. The molecule has 4 amide bonds. The number of rotatable bonds is 7. The fourth-order valence-electron chi connectivity index (χ4n) is 7.62. The van der Waals surface area contributed by atoms with Crippen molar-refractivity contribution in [3.05, 3.63) is 89.7 Å². The van der Waals surface area contributed by atoms with E-state index in [2.05, 4.69) is 15.5 Å². The monoisotopic (exact) mass is 741 g/mol. The number of carbonyl (C=O) groups is 4. The van der Waals surface area contributed by atoms with E-state index in [1.54, 1.807) is 53.7 Å². The van der Waals surface area contributed by atoms with Gasteiger partial charge in [-0.25, -0.2) is 14.0 Å². The van der Waals surface area contributed by atoms with Crippen LogP contribution in [0.2, 0.25) is 0 Å². The second-order valence-corrected chi connectivity index (χ2v) is 16.4. The number of anilines is 3. The van der Waals surface area contributed by atoms with Crippen LogP contribution in [0.3, 0.4) is 0 Å². The molecule has 6 rings (SSSR count). The zero-order valence-electron chi connectivity index (χ0n) is 32.1. The largest absolute Gasteiger partial charge is 0.444 e. The molecule has 3 heterocycles. The van der Waals surface area contributed by atoms with Gasteiger partial charge in [-0.3, -0.25) is 19.4 Å². The number of nitrogens with zero attached hydrogens (tertiary/aromatic N) is 3. The molecule has 11 nitrogen and oxygen atoms in total. The van der Waals surface area contributed by atoms with Crippen LogP contribution in [0.25, 0.3) is 0 Å². The van der Waals surface area contributed by atoms with E-state index < -0.39 is 35.5 Å². The van der Waals surface area contributed by atoms with Gasteiger partial charge in [0.15, 0.2) is 0 Å². The number of hydrogen-bond acceptors (Lipinski definition) is 7. The van der Waals surface area contributed by atoms with E-state index in [4.69, 9.17) is 9.47 Å². The summed E-state index contributed by atoms with van der Waals surface area (Å²) in [5.41, 5.74) is 2.94. The molecule has 3 fully saturated rings. The molecule has 4 atom stereocenters. The number of ether oxygens (including phenoxy) is 2. The van der Waals surface area contributed by atoms with Crippen molar-refractivity contribution in [1.29, 1.82) is 0 Å². The predicted octanol–water partition coefficient (Wildman–Crippen LogP) is 8.58. The molecular weight excluding hydrogens is 689 g/mol. The Morgan fingerprint density at radius 1 is 0.593 bits per heavy atom. The van der Waals surface area contributed by atoms with Gasteiger partial charge in [0.05, 0.1) is 12.1 Å². The molecule has 0 saturated carbocycles. The molecule has 0 aliphatic carbocycles. The van der Waals surface area contributed by atoms with Gasteiger partial charge in [-0.2, -0.15) is 0 Å². The molecule has 0 aromatic heterocycles. The van der Waals surface area contributed by atoms with Crippen molar-refractivity contribution in [2.75, 3.05) is 28.6 Å². The topological polar surface area (TPSA) is 121 Å². The average Bonchev–Trinajstić information content (AvgIpc) is 3.88. The molecule has 288 valence electrons. The normalized spacial score (nSPS) is 21.6. The molecule has 3 aromatic carbocycles. The number of hydrogen-bond donors (Lipinski definition) is 2. The van der Waals surface area contributed by atoms with Crippen LogP contribution in [0.1, 0.15) is 103 Å². The van der Waals surface area contributed by atoms with E-state index in [0.29, 0.717) is 37.3 Å². The molecule has 3 aromatic rings. The SMILES string of the molecule is CC(C)(C)OC(=O)N1CCCC1C(=O)Nc1ccc(C2CCC(c3ccc(NC(=O)C4CCCN4C(=O)OC(C)(C)C)cc3)N2c2ccc(F)cc2)cc1.